The van der Waals surface area contributed by atoms with Gasteiger partial charge in [-0.3, -0.25) is 10.1 Å². The Labute approximate surface area is 157 Å². The number of hydrogen-bond acceptors (Lipinski definition) is 6. The molecule has 2 N–H and O–H groups in total. The molecule has 2 heterocycles. The van der Waals surface area contributed by atoms with E-state index in [1.54, 1.807) is 31.2 Å². The summed E-state index contributed by atoms with van der Waals surface area (Å²) >= 11 is 1.26. The molecule has 0 aliphatic rings. The Morgan fingerprint density at radius 1 is 1.30 bits per heavy atom. The Bertz CT molecular complexity index is 1150. The number of anilines is 1. The smallest absolute Gasteiger partial charge is 0.258 e. The van der Waals surface area contributed by atoms with Gasteiger partial charge in [-0.15, -0.1) is 10.2 Å². The van der Waals surface area contributed by atoms with Crippen molar-refractivity contribution in [3.63, 3.8) is 0 Å². The lowest BCUT2D eigenvalue weighted by Crippen LogP contribution is -2.13. The highest BCUT2D eigenvalue weighted by atomic mass is 32.1. The number of carbonyl (C=O) groups is 1. The molecule has 0 saturated carbocycles. The van der Waals surface area contributed by atoms with Crippen LogP contribution in [0.15, 0.2) is 36.7 Å². The van der Waals surface area contributed by atoms with Crippen molar-refractivity contribution < 1.29 is 13.9 Å². The number of aromatic nitrogens is 4. The summed E-state index contributed by atoms with van der Waals surface area (Å²) in [5, 5.41) is 11.6. The number of aryl methyl sites for hydroxylation is 1. The fourth-order valence-corrected chi connectivity index (χ4v) is 3.41. The lowest BCUT2D eigenvalue weighted by atomic mass is 9.97. The number of H-pyrrole nitrogens is 1. The lowest BCUT2D eigenvalue weighted by molar-refractivity contribution is 0.102. The van der Waals surface area contributed by atoms with Gasteiger partial charge in [-0.05, 0) is 31.2 Å². The first-order chi connectivity index (χ1) is 13.1. The van der Waals surface area contributed by atoms with Gasteiger partial charge in [0.1, 0.15) is 16.6 Å². The van der Waals surface area contributed by atoms with Crippen molar-refractivity contribution in [1.82, 2.24) is 20.2 Å². The SMILES string of the molecule is COc1cccc(F)c1-c1cc2nc[nH]c2cc1C(=O)Nc1nnc(C)s1. The molecular weight excluding hydrogens is 369 g/mol. The third-order valence-corrected chi connectivity index (χ3v) is 4.77. The van der Waals surface area contributed by atoms with E-state index in [2.05, 4.69) is 25.5 Å². The van der Waals surface area contributed by atoms with Crippen molar-refractivity contribution in [3.05, 3.63) is 53.0 Å². The number of aromatic amines is 1. The molecule has 9 heteroatoms. The third-order valence-electron chi connectivity index (χ3n) is 4.02. The minimum atomic E-state index is -0.495. The summed E-state index contributed by atoms with van der Waals surface area (Å²) in [7, 11) is 1.45. The molecule has 4 aromatic rings. The average Bonchev–Trinajstić information content (AvgIpc) is 3.28. The average molecular weight is 383 g/mol. The number of nitrogens with zero attached hydrogens (tertiary/aromatic N) is 3. The molecule has 0 saturated heterocycles. The first-order valence-corrected chi connectivity index (χ1v) is 8.80. The van der Waals surface area contributed by atoms with Gasteiger partial charge >= 0.3 is 0 Å². The minimum Gasteiger partial charge on any atom is -0.496 e. The van der Waals surface area contributed by atoms with Crippen LogP contribution in [0.25, 0.3) is 22.2 Å². The van der Waals surface area contributed by atoms with Gasteiger partial charge in [-0.2, -0.15) is 0 Å². The van der Waals surface area contributed by atoms with Crippen molar-refractivity contribution in [1.29, 1.82) is 0 Å². The maximum absolute atomic E-state index is 14.7. The van der Waals surface area contributed by atoms with Crippen molar-refractivity contribution >= 4 is 33.4 Å². The van der Waals surface area contributed by atoms with Gasteiger partial charge in [0.15, 0.2) is 0 Å². The van der Waals surface area contributed by atoms with Crippen LogP contribution in [0.2, 0.25) is 0 Å². The van der Waals surface area contributed by atoms with Gasteiger partial charge in [-0.25, -0.2) is 9.37 Å². The number of hydrogen-bond donors (Lipinski definition) is 2. The molecule has 7 nitrogen and oxygen atoms in total. The Kier molecular flexibility index (Phi) is 4.28. The van der Waals surface area contributed by atoms with Gasteiger partial charge < -0.3 is 9.72 Å². The second-order valence-electron chi connectivity index (χ2n) is 5.71. The molecule has 0 bridgehead atoms. The summed E-state index contributed by atoms with van der Waals surface area (Å²) < 4.78 is 20.0. The van der Waals surface area contributed by atoms with E-state index in [4.69, 9.17) is 4.74 Å². The monoisotopic (exact) mass is 383 g/mol. The summed E-state index contributed by atoms with van der Waals surface area (Å²) in [5.74, 6) is -0.598. The second-order valence-corrected chi connectivity index (χ2v) is 6.90. The number of benzene rings is 2. The fraction of sp³-hybridized carbons (Fsp3) is 0.111. The predicted molar refractivity (Wildman–Crippen MR) is 101 cm³/mol. The largest absolute Gasteiger partial charge is 0.496 e. The second kappa shape index (κ2) is 6.76. The Morgan fingerprint density at radius 2 is 2.15 bits per heavy atom. The highest BCUT2D eigenvalue weighted by molar-refractivity contribution is 7.15. The Balaban J connectivity index is 1.89. The van der Waals surface area contributed by atoms with Crippen molar-refractivity contribution in [2.24, 2.45) is 0 Å². The van der Waals surface area contributed by atoms with Crippen LogP contribution >= 0.6 is 11.3 Å². The Morgan fingerprint density at radius 3 is 2.89 bits per heavy atom. The summed E-state index contributed by atoms with van der Waals surface area (Å²) in [4.78, 5) is 20.1. The van der Waals surface area contributed by atoms with Gasteiger partial charge in [0.25, 0.3) is 5.91 Å². The number of ether oxygens (including phenoxy) is 1. The van der Waals surface area contributed by atoms with Gasteiger partial charge in [0, 0.05) is 5.56 Å². The topological polar surface area (TPSA) is 92.8 Å². The first kappa shape index (κ1) is 17.1. The van der Waals surface area contributed by atoms with E-state index in [1.807, 2.05) is 0 Å². The van der Waals surface area contributed by atoms with Gasteiger partial charge in [0.2, 0.25) is 5.13 Å². The van der Waals surface area contributed by atoms with Crippen LogP contribution in [-0.2, 0) is 0 Å². The number of amides is 1. The number of carbonyl (C=O) groups excluding carboxylic acids is 1. The van der Waals surface area contributed by atoms with E-state index in [1.165, 1.54) is 30.8 Å². The zero-order chi connectivity index (χ0) is 19.0. The van der Waals surface area contributed by atoms with Crippen LogP contribution in [0.5, 0.6) is 5.75 Å². The number of halogens is 1. The van der Waals surface area contributed by atoms with E-state index in [0.29, 0.717) is 27.5 Å². The first-order valence-electron chi connectivity index (χ1n) is 7.98. The summed E-state index contributed by atoms with van der Waals surface area (Å²) in [5.41, 5.74) is 2.11. The van der Waals surface area contributed by atoms with E-state index < -0.39 is 11.7 Å². The van der Waals surface area contributed by atoms with Crippen LogP contribution in [0.1, 0.15) is 15.4 Å². The van der Waals surface area contributed by atoms with E-state index >= 15 is 0 Å². The van der Waals surface area contributed by atoms with Crippen molar-refractivity contribution in [2.45, 2.75) is 6.92 Å². The van der Waals surface area contributed by atoms with Crippen LogP contribution in [0.4, 0.5) is 9.52 Å². The maximum atomic E-state index is 14.7. The van der Waals surface area contributed by atoms with E-state index in [-0.39, 0.29) is 11.1 Å². The highest BCUT2D eigenvalue weighted by Gasteiger charge is 2.21. The lowest BCUT2D eigenvalue weighted by Gasteiger charge is -2.14. The van der Waals surface area contributed by atoms with Gasteiger partial charge in [-0.1, -0.05) is 17.4 Å². The molecule has 0 unspecified atom stereocenters. The molecule has 0 atom stereocenters. The molecule has 0 fully saturated rings. The predicted octanol–water partition coefficient (Wildman–Crippen LogP) is 3.79. The number of fused-ring (bicyclic) bond motifs is 1. The molecule has 0 aliphatic carbocycles. The Hall–Kier alpha value is -3.33. The van der Waals surface area contributed by atoms with Crippen LogP contribution in [0.3, 0.4) is 0 Å². The molecule has 0 aliphatic heterocycles. The van der Waals surface area contributed by atoms with E-state index in [9.17, 15) is 9.18 Å². The maximum Gasteiger partial charge on any atom is 0.258 e. The molecule has 2 aromatic heterocycles. The fourth-order valence-electron chi connectivity index (χ4n) is 2.82. The molecule has 0 radical (unpaired) electrons. The van der Waals surface area contributed by atoms with Crippen molar-refractivity contribution in [2.75, 3.05) is 12.4 Å². The van der Waals surface area contributed by atoms with Crippen LogP contribution < -0.4 is 10.1 Å². The van der Waals surface area contributed by atoms with Gasteiger partial charge in [0.05, 0.1) is 35.6 Å². The van der Waals surface area contributed by atoms with Crippen LogP contribution in [0, 0.1) is 12.7 Å². The summed E-state index contributed by atoms with van der Waals surface area (Å²) in [6.07, 6.45) is 1.52. The molecule has 136 valence electrons. The molecule has 2 aromatic carbocycles. The standard InChI is InChI=1S/C18H14FN5O2S/c1-9-23-24-18(27-9)22-17(25)11-7-14-13(20-8-21-14)6-10(11)16-12(19)4-3-5-15(16)26-2/h3-8H,1-2H3,(H,20,21)(H,22,24,25). The molecule has 27 heavy (non-hydrogen) atoms. The number of rotatable bonds is 4. The molecular formula is C18H14FN5O2S. The van der Waals surface area contributed by atoms with Crippen molar-refractivity contribution in [3.8, 4) is 16.9 Å². The zero-order valence-corrected chi connectivity index (χ0v) is 15.2. The molecule has 4 rings (SSSR count). The summed E-state index contributed by atoms with van der Waals surface area (Å²) in [6.45, 7) is 1.79. The highest BCUT2D eigenvalue weighted by Crippen LogP contribution is 2.36. The minimum absolute atomic E-state index is 0.198. The molecule has 1 amide bonds. The zero-order valence-electron chi connectivity index (χ0n) is 14.4. The molecule has 0 spiro atoms. The quantitative estimate of drug-likeness (QED) is 0.559. The number of methoxy groups -OCH3 is 1. The number of nitrogens with one attached hydrogen (secondary N) is 2. The normalized spacial score (nSPS) is 10.9. The third kappa shape index (κ3) is 3.13. The summed E-state index contributed by atoms with van der Waals surface area (Å²) in [6, 6.07) is 7.81. The number of imidazole rings is 1. The van der Waals surface area contributed by atoms with E-state index in [0.717, 1.165) is 5.01 Å². The van der Waals surface area contributed by atoms with Crippen LogP contribution in [-0.4, -0.2) is 33.2 Å².